The van der Waals surface area contributed by atoms with Gasteiger partial charge in [-0.05, 0) is 13.8 Å². The summed E-state index contributed by atoms with van der Waals surface area (Å²) in [4.78, 5) is 3.75. The number of hydrogen-bond donors (Lipinski definition) is 0. The molecule has 0 fully saturated rings. The molecule has 1 nitrogen and oxygen atoms in total. The Morgan fingerprint density at radius 3 is 2.18 bits per heavy atom. The van der Waals surface area contributed by atoms with Crippen LogP contribution in [0.2, 0.25) is 0 Å². The van der Waals surface area contributed by atoms with Crippen LogP contribution in [0.15, 0.2) is 4.99 Å². The molecule has 0 saturated heterocycles. The molecule has 0 radical (unpaired) electrons. The van der Waals surface area contributed by atoms with E-state index in [1.807, 2.05) is 0 Å². The Morgan fingerprint density at radius 2 is 2.00 bits per heavy atom. The van der Waals surface area contributed by atoms with Gasteiger partial charge in [-0.25, -0.2) is 0 Å². The predicted octanol–water partition coefficient (Wildman–Crippen LogP) is 2.42. The Bertz CT molecular complexity index is 194. The maximum Gasteiger partial charge on any atom is 0.396 e. The van der Waals surface area contributed by atoms with Gasteiger partial charge in [0.15, 0.2) is 0 Å². The topological polar surface area (TPSA) is 12.4 Å². The zero-order valence-electron chi connectivity index (χ0n) is 6.50. The van der Waals surface area contributed by atoms with Crippen molar-refractivity contribution in [3.05, 3.63) is 0 Å². The summed E-state index contributed by atoms with van der Waals surface area (Å²) in [5, 5.41) is 0. The van der Waals surface area contributed by atoms with Crippen molar-refractivity contribution in [2.75, 3.05) is 6.54 Å². The number of aliphatic imine (C=N–C) groups is 1. The van der Waals surface area contributed by atoms with Crippen molar-refractivity contribution in [3.8, 4) is 0 Å². The number of halogens is 3. The second-order valence-corrected chi connectivity index (χ2v) is 3.29. The summed E-state index contributed by atoms with van der Waals surface area (Å²) in [6.45, 7) is 2.74. The second kappa shape index (κ2) is 2.22. The first-order valence-corrected chi connectivity index (χ1v) is 3.42. The maximum atomic E-state index is 12.2. The summed E-state index contributed by atoms with van der Waals surface area (Å²) in [5.74, 6) is 0. The Balaban J connectivity index is 2.74. The standard InChI is InChI=1S/C7H10F3N/c1-5-3-6(2,4-11-5)7(8,9)10/h3-4H2,1-2H3. The maximum absolute atomic E-state index is 12.2. The Hall–Kier alpha value is -0.540. The first-order valence-electron chi connectivity index (χ1n) is 3.42. The molecular weight excluding hydrogens is 155 g/mol. The summed E-state index contributed by atoms with van der Waals surface area (Å²) in [6.07, 6.45) is -4.06. The van der Waals surface area contributed by atoms with E-state index >= 15 is 0 Å². The molecular formula is C7H10F3N. The largest absolute Gasteiger partial charge is 0.396 e. The second-order valence-electron chi connectivity index (χ2n) is 3.29. The van der Waals surface area contributed by atoms with Gasteiger partial charge >= 0.3 is 6.18 Å². The van der Waals surface area contributed by atoms with Crippen LogP contribution in [0.1, 0.15) is 20.3 Å². The van der Waals surface area contributed by atoms with Crippen LogP contribution >= 0.6 is 0 Å². The van der Waals surface area contributed by atoms with E-state index in [2.05, 4.69) is 4.99 Å². The molecule has 1 heterocycles. The van der Waals surface area contributed by atoms with Crippen LogP contribution in [0, 0.1) is 5.41 Å². The minimum absolute atomic E-state index is 0.0521. The average Bonchev–Trinajstić information content (AvgIpc) is 2.10. The third-order valence-electron chi connectivity index (χ3n) is 2.03. The molecule has 0 bridgehead atoms. The van der Waals surface area contributed by atoms with Crippen molar-refractivity contribution in [2.24, 2.45) is 10.4 Å². The van der Waals surface area contributed by atoms with Gasteiger partial charge in [0.25, 0.3) is 0 Å². The smallest absolute Gasteiger partial charge is 0.293 e. The van der Waals surface area contributed by atoms with Crippen LogP contribution in [-0.2, 0) is 0 Å². The molecule has 1 unspecified atom stereocenters. The lowest BCUT2D eigenvalue weighted by atomic mass is 9.87. The van der Waals surface area contributed by atoms with Gasteiger partial charge in [-0.15, -0.1) is 0 Å². The van der Waals surface area contributed by atoms with Crippen molar-refractivity contribution in [1.82, 2.24) is 0 Å². The zero-order chi connectivity index (χ0) is 8.70. The summed E-state index contributed by atoms with van der Waals surface area (Å²) in [7, 11) is 0. The Labute approximate surface area is 63.3 Å². The number of hydrogen-bond acceptors (Lipinski definition) is 1. The highest BCUT2D eigenvalue weighted by Gasteiger charge is 2.52. The van der Waals surface area contributed by atoms with Gasteiger partial charge in [-0.2, -0.15) is 13.2 Å². The quantitative estimate of drug-likeness (QED) is 0.522. The lowest BCUT2D eigenvalue weighted by molar-refractivity contribution is -0.209. The van der Waals surface area contributed by atoms with E-state index in [1.165, 1.54) is 6.92 Å². The monoisotopic (exact) mass is 165 g/mol. The molecule has 0 aromatic rings. The van der Waals surface area contributed by atoms with Gasteiger partial charge in [-0.3, -0.25) is 4.99 Å². The first kappa shape index (κ1) is 8.56. The van der Waals surface area contributed by atoms with E-state index in [1.54, 1.807) is 6.92 Å². The SMILES string of the molecule is CC1=NCC(C)(C(F)(F)F)C1. The molecule has 1 atom stereocenters. The molecule has 0 spiro atoms. The van der Waals surface area contributed by atoms with Crippen LogP contribution in [0.25, 0.3) is 0 Å². The molecule has 0 amide bonds. The van der Waals surface area contributed by atoms with E-state index in [0.29, 0.717) is 5.71 Å². The van der Waals surface area contributed by atoms with Gasteiger partial charge in [-0.1, -0.05) is 0 Å². The summed E-state index contributed by atoms with van der Waals surface area (Å²) < 4.78 is 36.7. The van der Waals surface area contributed by atoms with Crippen LogP contribution < -0.4 is 0 Å². The summed E-state index contributed by atoms with van der Waals surface area (Å²) >= 11 is 0. The molecule has 0 aromatic carbocycles. The van der Waals surface area contributed by atoms with Crippen LogP contribution in [0.3, 0.4) is 0 Å². The Kier molecular flexibility index (Phi) is 1.73. The molecule has 64 valence electrons. The highest BCUT2D eigenvalue weighted by atomic mass is 19.4. The van der Waals surface area contributed by atoms with Crippen molar-refractivity contribution in [2.45, 2.75) is 26.4 Å². The first-order chi connectivity index (χ1) is 4.85. The van der Waals surface area contributed by atoms with E-state index in [-0.39, 0.29) is 13.0 Å². The molecule has 11 heavy (non-hydrogen) atoms. The summed E-state index contributed by atoms with van der Waals surface area (Å²) in [6, 6.07) is 0. The lowest BCUT2D eigenvalue weighted by Gasteiger charge is -2.25. The fourth-order valence-corrected chi connectivity index (χ4v) is 1.18. The van der Waals surface area contributed by atoms with Crippen molar-refractivity contribution in [1.29, 1.82) is 0 Å². The fourth-order valence-electron chi connectivity index (χ4n) is 1.18. The lowest BCUT2D eigenvalue weighted by Crippen LogP contribution is -2.36. The number of nitrogens with zero attached hydrogens (tertiary/aromatic N) is 1. The highest BCUT2D eigenvalue weighted by Crippen LogP contribution is 2.43. The molecule has 4 heteroatoms. The zero-order valence-corrected chi connectivity index (χ0v) is 6.50. The van der Waals surface area contributed by atoms with E-state index in [0.717, 1.165) is 0 Å². The van der Waals surface area contributed by atoms with Gasteiger partial charge < -0.3 is 0 Å². The van der Waals surface area contributed by atoms with E-state index in [9.17, 15) is 13.2 Å². The van der Waals surface area contributed by atoms with Gasteiger partial charge in [0.05, 0.1) is 12.0 Å². The Morgan fingerprint density at radius 1 is 1.45 bits per heavy atom. The molecule has 1 aliphatic heterocycles. The minimum Gasteiger partial charge on any atom is -0.293 e. The molecule has 1 rings (SSSR count). The fraction of sp³-hybridized carbons (Fsp3) is 0.857. The normalized spacial score (nSPS) is 32.3. The van der Waals surface area contributed by atoms with E-state index in [4.69, 9.17) is 0 Å². The molecule has 0 N–H and O–H groups in total. The third kappa shape index (κ3) is 1.39. The van der Waals surface area contributed by atoms with E-state index < -0.39 is 11.6 Å². The van der Waals surface area contributed by atoms with Gasteiger partial charge in [0, 0.05) is 12.1 Å². The minimum atomic E-state index is -4.12. The third-order valence-corrected chi connectivity index (χ3v) is 2.03. The van der Waals surface area contributed by atoms with Crippen molar-refractivity contribution < 1.29 is 13.2 Å². The van der Waals surface area contributed by atoms with Crippen LogP contribution in [0.4, 0.5) is 13.2 Å². The van der Waals surface area contributed by atoms with Crippen LogP contribution in [-0.4, -0.2) is 18.4 Å². The highest BCUT2D eigenvalue weighted by molar-refractivity contribution is 5.84. The molecule has 1 aliphatic rings. The predicted molar refractivity (Wildman–Crippen MR) is 36.8 cm³/mol. The molecule has 0 aromatic heterocycles. The van der Waals surface area contributed by atoms with Crippen molar-refractivity contribution in [3.63, 3.8) is 0 Å². The number of rotatable bonds is 0. The summed E-state index contributed by atoms with van der Waals surface area (Å²) in [5.41, 5.74) is -0.998. The van der Waals surface area contributed by atoms with Crippen molar-refractivity contribution >= 4 is 5.71 Å². The van der Waals surface area contributed by atoms with Crippen LogP contribution in [0.5, 0.6) is 0 Å². The van der Waals surface area contributed by atoms with Gasteiger partial charge in [0.2, 0.25) is 0 Å². The average molecular weight is 165 g/mol. The number of alkyl halides is 3. The van der Waals surface area contributed by atoms with Gasteiger partial charge in [0.1, 0.15) is 0 Å². The molecule has 0 aliphatic carbocycles. The molecule has 0 saturated carbocycles.